The molecule has 2 bridgehead atoms. The Bertz CT molecular complexity index is 1310. The van der Waals surface area contributed by atoms with Gasteiger partial charge in [0.05, 0.1) is 24.2 Å². The fourth-order valence-corrected chi connectivity index (χ4v) is 5.94. The van der Waals surface area contributed by atoms with Crippen molar-refractivity contribution in [2.45, 2.75) is 51.9 Å². The average Bonchev–Trinajstić information content (AvgIpc) is 3.36. The Morgan fingerprint density at radius 2 is 2.03 bits per heavy atom. The van der Waals surface area contributed by atoms with Crippen LogP contribution in [0, 0.1) is 12.3 Å². The van der Waals surface area contributed by atoms with Gasteiger partial charge in [-0.15, -0.1) is 10.2 Å². The summed E-state index contributed by atoms with van der Waals surface area (Å²) < 4.78 is 7.65. The van der Waals surface area contributed by atoms with Gasteiger partial charge in [0.15, 0.2) is 0 Å². The first kappa shape index (κ1) is 17.0. The maximum atomic E-state index is 5.45. The number of aromatic nitrogens is 5. The number of imidazole rings is 1. The quantitative estimate of drug-likeness (QED) is 0.538. The maximum Gasteiger partial charge on any atom is 0.254 e. The highest BCUT2D eigenvalue weighted by atomic mass is 16.5. The smallest absolute Gasteiger partial charge is 0.254 e. The van der Waals surface area contributed by atoms with Crippen molar-refractivity contribution in [2.75, 3.05) is 7.11 Å². The van der Waals surface area contributed by atoms with E-state index in [9.17, 15) is 0 Å². The molecule has 3 heterocycles. The number of fused-ring (bicyclic) bond motifs is 8. The van der Waals surface area contributed by atoms with Crippen molar-refractivity contribution < 1.29 is 4.74 Å². The van der Waals surface area contributed by atoms with E-state index in [1.54, 1.807) is 7.11 Å². The molecule has 3 aromatic heterocycles. The van der Waals surface area contributed by atoms with E-state index in [1.165, 1.54) is 18.5 Å². The highest BCUT2D eigenvalue weighted by Crippen LogP contribution is 2.66. The minimum atomic E-state index is 0.0949. The Morgan fingerprint density at radius 3 is 2.83 bits per heavy atom. The van der Waals surface area contributed by atoms with Gasteiger partial charge in [-0.25, -0.2) is 4.98 Å². The second kappa shape index (κ2) is 5.17. The summed E-state index contributed by atoms with van der Waals surface area (Å²) in [7, 11) is 1.70. The number of aryl methyl sites for hydroxylation is 1. The van der Waals surface area contributed by atoms with E-state index in [0.29, 0.717) is 11.7 Å². The molecule has 6 heteroatoms. The van der Waals surface area contributed by atoms with E-state index in [4.69, 9.17) is 9.72 Å². The third-order valence-corrected chi connectivity index (χ3v) is 7.95. The first-order chi connectivity index (χ1) is 13.8. The van der Waals surface area contributed by atoms with Gasteiger partial charge in [0, 0.05) is 39.7 Å². The topological polar surface area (TPSA) is 68.1 Å². The Morgan fingerprint density at radius 1 is 1.21 bits per heavy atom. The van der Waals surface area contributed by atoms with E-state index in [2.05, 4.69) is 65.6 Å². The molecule has 0 amide bonds. The van der Waals surface area contributed by atoms with Gasteiger partial charge in [-0.1, -0.05) is 20.8 Å². The largest absolute Gasteiger partial charge is 0.497 e. The van der Waals surface area contributed by atoms with Crippen molar-refractivity contribution in [3.63, 3.8) is 0 Å². The van der Waals surface area contributed by atoms with Crippen molar-refractivity contribution in [2.24, 2.45) is 5.41 Å². The Labute approximate surface area is 169 Å². The SMILES string of the molecule is COc1ccc2[nH]c(C)c(-c3cn4c5c(nnc4n3)C3CCC5(C)C3(C)C)c2c1. The molecule has 0 radical (unpaired) electrons. The number of hydrogen-bond donors (Lipinski definition) is 1. The third kappa shape index (κ3) is 1.90. The standard InChI is InChI=1S/C23H25N5O/c1-12-18(14-10-13(29-5)6-7-16(14)24-12)17-11-28-20-19(26-27-21(28)25-17)15-8-9-23(20,4)22(15,2)3/h6-7,10-11,15,24H,8-9H2,1-5H3. The second-order valence-corrected chi connectivity index (χ2v) is 9.41. The molecule has 29 heavy (non-hydrogen) atoms. The van der Waals surface area contributed by atoms with Crippen LogP contribution < -0.4 is 4.74 Å². The molecule has 1 saturated carbocycles. The van der Waals surface area contributed by atoms with E-state index >= 15 is 0 Å². The summed E-state index contributed by atoms with van der Waals surface area (Å²) in [5.74, 6) is 2.00. The van der Waals surface area contributed by atoms with Gasteiger partial charge in [-0.05, 0) is 43.4 Å². The molecule has 6 nitrogen and oxygen atoms in total. The van der Waals surface area contributed by atoms with Gasteiger partial charge in [-0.3, -0.25) is 4.40 Å². The highest BCUT2D eigenvalue weighted by Gasteiger charge is 2.61. The fourth-order valence-electron chi connectivity index (χ4n) is 5.94. The number of aromatic amines is 1. The molecule has 6 rings (SSSR count). The lowest BCUT2D eigenvalue weighted by Gasteiger charge is -2.34. The molecule has 0 saturated heterocycles. The molecule has 1 fully saturated rings. The molecule has 2 aliphatic carbocycles. The van der Waals surface area contributed by atoms with Gasteiger partial charge < -0.3 is 9.72 Å². The monoisotopic (exact) mass is 387 g/mol. The number of benzene rings is 1. The van der Waals surface area contributed by atoms with E-state index < -0.39 is 0 Å². The summed E-state index contributed by atoms with van der Waals surface area (Å²) in [5, 5.41) is 10.3. The number of ether oxygens (including phenoxy) is 1. The molecule has 0 aliphatic heterocycles. The Hall–Kier alpha value is -2.89. The minimum Gasteiger partial charge on any atom is -0.497 e. The van der Waals surface area contributed by atoms with Gasteiger partial charge in [-0.2, -0.15) is 0 Å². The number of H-pyrrole nitrogens is 1. The lowest BCUT2D eigenvalue weighted by Crippen LogP contribution is -2.32. The molecule has 0 spiro atoms. The first-order valence-corrected chi connectivity index (χ1v) is 10.3. The molecular formula is C23H25N5O. The highest BCUT2D eigenvalue weighted by molar-refractivity contribution is 5.97. The first-order valence-electron chi connectivity index (χ1n) is 10.3. The zero-order valence-electron chi connectivity index (χ0n) is 17.5. The van der Waals surface area contributed by atoms with Crippen LogP contribution in [0.4, 0.5) is 0 Å². The summed E-state index contributed by atoms with van der Waals surface area (Å²) >= 11 is 0. The third-order valence-electron chi connectivity index (χ3n) is 7.95. The summed E-state index contributed by atoms with van der Waals surface area (Å²) in [6.07, 6.45) is 4.54. The number of nitrogens with zero attached hydrogens (tertiary/aromatic N) is 4. The van der Waals surface area contributed by atoms with Gasteiger partial charge in [0.25, 0.3) is 5.78 Å². The van der Waals surface area contributed by atoms with Crippen molar-refractivity contribution >= 4 is 16.7 Å². The maximum absolute atomic E-state index is 5.45. The molecule has 1 aromatic carbocycles. The second-order valence-electron chi connectivity index (χ2n) is 9.41. The Kier molecular flexibility index (Phi) is 3.04. The van der Waals surface area contributed by atoms with Crippen LogP contribution >= 0.6 is 0 Å². The Balaban J connectivity index is 1.62. The molecule has 2 aliphatic rings. The van der Waals surface area contributed by atoms with Gasteiger partial charge in [0.1, 0.15) is 5.75 Å². The van der Waals surface area contributed by atoms with E-state index in [-0.39, 0.29) is 10.8 Å². The number of nitrogens with one attached hydrogen (secondary N) is 1. The van der Waals surface area contributed by atoms with Crippen LogP contribution in [-0.2, 0) is 5.41 Å². The van der Waals surface area contributed by atoms with E-state index in [1.807, 2.05) is 6.07 Å². The molecule has 2 unspecified atom stereocenters. The van der Waals surface area contributed by atoms with Crippen LogP contribution in [0.25, 0.3) is 27.9 Å². The molecule has 148 valence electrons. The van der Waals surface area contributed by atoms with Crippen molar-refractivity contribution in [3.05, 3.63) is 41.5 Å². The van der Waals surface area contributed by atoms with Gasteiger partial charge in [0.2, 0.25) is 0 Å². The number of hydrogen-bond acceptors (Lipinski definition) is 4. The van der Waals surface area contributed by atoms with Crippen LogP contribution in [0.1, 0.15) is 56.6 Å². The number of methoxy groups -OCH3 is 1. The van der Waals surface area contributed by atoms with Crippen LogP contribution in [0.15, 0.2) is 24.4 Å². The van der Waals surface area contributed by atoms with Gasteiger partial charge >= 0.3 is 0 Å². The van der Waals surface area contributed by atoms with Crippen LogP contribution in [0.5, 0.6) is 5.75 Å². The predicted octanol–water partition coefficient (Wildman–Crippen LogP) is 4.76. The van der Waals surface area contributed by atoms with E-state index in [0.717, 1.165) is 39.3 Å². The lowest BCUT2D eigenvalue weighted by molar-refractivity contribution is 0.225. The lowest BCUT2D eigenvalue weighted by atomic mass is 9.70. The number of rotatable bonds is 2. The van der Waals surface area contributed by atoms with Crippen LogP contribution in [-0.4, -0.2) is 31.7 Å². The fraction of sp³-hybridized carbons (Fsp3) is 0.435. The summed E-state index contributed by atoms with van der Waals surface area (Å²) in [5.41, 5.74) is 6.95. The van der Waals surface area contributed by atoms with Crippen molar-refractivity contribution in [3.8, 4) is 17.0 Å². The zero-order valence-corrected chi connectivity index (χ0v) is 17.5. The zero-order chi connectivity index (χ0) is 20.1. The summed E-state index contributed by atoms with van der Waals surface area (Å²) in [6, 6.07) is 6.10. The normalized spacial score (nSPS) is 24.5. The molecule has 2 atom stereocenters. The summed E-state index contributed by atoms with van der Waals surface area (Å²) in [6.45, 7) is 9.24. The predicted molar refractivity (Wildman–Crippen MR) is 112 cm³/mol. The van der Waals surface area contributed by atoms with Crippen LogP contribution in [0.2, 0.25) is 0 Å². The minimum absolute atomic E-state index is 0.0949. The van der Waals surface area contributed by atoms with Crippen molar-refractivity contribution in [1.29, 1.82) is 0 Å². The molecule has 4 aromatic rings. The van der Waals surface area contributed by atoms with Crippen LogP contribution in [0.3, 0.4) is 0 Å². The average molecular weight is 387 g/mol. The molecular weight excluding hydrogens is 362 g/mol. The van der Waals surface area contributed by atoms with Crippen molar-refractivity contribution in [1.82, 2.24) is 24.6 Å². The molecule has 1 N–H and O–H groups in total. The summed E-state index contributed by atoms with van der Waals surface area (Å²) in [4.78, 5) is 8.37.